The van der Waals surface area contributed by atoms with Crippen LogP contribution in [-0.2, 0) is 0 Å². The van der Waals surface area contributed by atoms with Gasteiger partial charge in [0.05, 0.1) is 0 Å². The van der Waals surface area contributed by atoms with Gasteiger partial charge in [0.15, 0.2) is 0 Å². The van der Waals surface area contributed by atoms with Crippen molar-refractivity contribution in [3.8, 4) is 0 Å². The molecule has 2 aromatic rings. The molecular weight excluding hydrogens is 208 g/mol. The zero-order chi connectivity index (χ0) is 10.8. The summed E-state index contributed by atoms with van der Waals surface area (Å²) in [5, 5.41) is 7.58. The van der Waals surface area contributed by atoms with Crippen molar-refractivity contribution < 1.29 is 0 Å². The highest BCUT2D eigenvalue weighted by molar-refractivity contribution is 7.99. The number of benzene rings is 1. The van der Waals surface area contributed by atoms with E-state index in [0.29, 0.717) is 0 Å². The summed E-state index contributed by atoms with van der Waals surface area (Å²) in [4.78, 5) is 5.28. The first-order valence-corrected chi connectivity index (χ1v) is 5.39. The Labute approximate surface area is 92.3 Å². The molecule has 0 saturated heterocycles. The first-order valence-electron chi connectivity index (χ1n) is 4.57. The van der Waals surface area contributed by atoms with Crippen LogP contribution in [0.1, 0.15) is 11.4 Å². The molecule has 1 aromatic carbocycles. The summed E-state index contributed by atoms with van der Waals surface area (Å²) in [5.41, 5.74) is 7.67. The fraction of sp³-hybridized carbons (Fsp3) is 0.200. The maximum Gasteiger partial charge on any atom is 0.213 e. The normalized spacial score (nSPS) is 10.5. The van der Waals surface area contributed by atoms with Crippen LogP contribution in [0.15, 0.2) is 28.3 Å². The molecule has 4 nitrogen and oxygen atoms in total. The molecule has 1 heterocycles. The molecule has 15 heavy (non-hydrogen) atoms. The lowest BCUT2D eigenvalue weighted by atomic mass is 10.2. The van der Waals surface area contributed by atoms with Crippen molar-refractivity contribution in [2.24, 2.45) is 0 Å². The third kappa shape index (κ3) is 2.50. The molecule has 2 rings (SSSR count). The topological polar surface area (TPSA) is 67.6 Å². The number of nitrogen functional groups attached to an aromatic ring is 1. The summed E-state index contributed by atoms with van der Waals surface area (Å²) in [7, 11) is 0. The highest BCUT2D eigenvalue weighted by Gasteiger charge is 2.03. The molecule has 0 amide bonds. The predicted molar refractivity (Wildman–Crippen MR) is 60.8 cm³/mol. The Hall–Kier alpha value is -1.49. The zero-order valence-corrected chi connectivity index (χ0v) is 9.43. The lowest BCUT2D eigenvalue weighted by Crippen LogP contribution is -1.87. The number of aromatic amines is 1. The van der Waals surface area contributed by atoms with Crippen LogP contribution < -0.4 is 5.73 Å². The van der Waals surface area contributed by atoms with E-state index in [-0.39, 0.29) is 0 Å². The standard InChI is InChI=1S/C10H12N4S/c1-6-3-8(11)5-9(4-6)15-10-12-7(2)13-14-10/h3-5H,11H2,1-2H3,(H,12,13,14). The van der Waals surface area contributed by atoms with Gasteiger partial charge in [0.1, 0.15) is 5.82 Å². The largest absolute Gasteiger partial charge is 0.399 e. The van der Waals surface area contributed by atoms with Crippen LogP contribution in [0.25, 0.3) is 0 Å². The fourth-order valence-corrected chi connectivity index (χ4v) is 2.23. The van der Waals surface area contributed by atoms with E-state index in [1.54, 1.807) is 0 Å². The molecule has 0 aliphatic rings. The second kappa shape index (κ2) is 3.94. The molecule has 0 unspecified atom stereocenters. The molecule has 0 aliphatic heterocycles. The van der Waals surface area contributed by atoms with Crippen LogP contribution in [-0.4, -0.2) is 15.2 Å². The number of rotatable bonds is 2. The van der Waals surface area contributed by atoms with Gasteiger partial charge in [0, 0.05) is 10.6 Å². The summed E-state index contributed by atoms with van der Waals surface area (Å²) >= 11 is 1.50. The number of nitrogens with one attached hydrogen (secondary N) is 1. The maximum absolute atomic E-state index is 5.76. The van der Waals surface area contributed by atoms with Crippen molar-refractivity contribution >= 4 is 17.4 Å². The first-order chi connectivity index (χ1) is 7.13. The predicted octanol–water partition coefficient (Wildman–Crippen LogP) is 2.15. The van der Waals surface area contributed by atoms with Crippen molar-refractivity contribution in [3.63, 3.8) is 0 Å². The molecule has 3 N–H and O–H groups in total. The lowest BCUT2D eigenvalue weighted by molar-refractivity contribution is 0.969. The second-order valence-corrected chi connectivity index (χ2v) is 4.43. The monoisotopic (exact) mass is 220 g/mol. The number of anilines is 1. The van der Waals surface area contributed by atoms with Gasteiger partial charge in [-0.2, -0.15) is 0 Å². The van der Waals surface area contributed by atoms with E-state index in [0.717, 1.165) is 27.1 Å². The molecule has 0 atom stereocenters. The Morgan fingerprint density at radius 2 is 2.07 bits per heavy atom. The summed E-state index contributed by atoms with van der Waals surface area (Å²) in [5.74, 6) is 0.818. The van der Waals surface area contributed by atoms with E-state index >= 15 is 0 Å². The Morgan fingerprint density at radius 3 is 2.67 bits per heavy atom. The summed E-state index contributed by atoms with van der Waals surface area (Å²) in [6, 6.07) is 5.92. The molecule has 0 saturated carbocycles. The SMILES string of the molecule is Cc1cc(N)cc(Sc2n[nH]c(C)n2)c1. The Kier molecular flexibility index (Phi) is 2.64. The lowest BCUT2D eigenvalue weighted by Gasteiger charge is -2.01. The number of aromatic nitrogens is 3. The Balaban J connectivity index is 2.24. The molecule has 0 radical (unpaired) electrons. The molecule has 0 aliphatic carbocycles. The van der Waals surface area contributed by atoms with Gasteiger partial charge in [-0.15, -0.1) is 5.10 Å². The van der Waals surface area contributed by atoms with Gasteiger partial charge in [-0.25, -0.2) is 4.98 Å². The second-order valence-electron chi connectivity index (χ2n) is 3.38. The van der Waals surface area contributed by atoms with E-state index in [1.807, 2.05) is 26.0 Å². The van der Waals surface area contributed by atoms with Crippen LogP contribution in [0.5, 0.6) is 0 Å². The van der Waals surface area contributed by atoms with Gasteiger partial charge in [0.2, 0.25) is 5.16 Å². The number of H-pyrrole nitrogens is 1. The van der Waals surface area contributed by atoms with Crippen LogP contribution >= 0.6 is 11.8 Å². The van der Waals surface area contributed by atoms with Gasteiger partial charge < -0.3 is 5.73 Å². The molecule has 5 heteroatoms. The number of aryl methyl sites for hydroxylation is 2. The number of nitrogens with two attached hydrogens (primary N) is 1. The van der Waals surface area contributed by atoms with E-state index in [2.05, 4.69) is 21.2 Å². The number of hydrogen-bond donors (Lipinski definition) is 2. The van der Waals surface area contributed by atoms with Crippen molar-refractivity contribution in [1.29, 1.82) is 0 Å². The van der Waals surface area contributed by atoms with Crippen LogP contribution in [0.4, 0.5) is 5.69 Å². The summed E-state index contributed by atoms with van der Waals surface area (Å²) < 4.78 is 0. The van der Waals surface area contributed by atoms with Crippen molar-refractivity contribution in [1.82, 2.24) is 15.2 Å². The number of nitrogens with zero attached hydrogens (tertiary/aromatic N) is 2. The van der Waals surface area contributed by atoms with Gasteiger partial charge in [-0.3, -0.25) is 5.10 Å². The molecule has 78 valence electrons. The van der Waals surface area contributed by atoms with Gasteiger partial charge in [-0.05, 0) is 49.4 Å². The van der Waals surface area contributed by atoms with Crippen LogP contribution in [0.2, 0.25) is 0 Å². The van der Waals surface area contributed by atoms with E-state index in [9.17, 15) is 0 Å². The van der Waals surface area contributed by atoms with Gasteiger partial charge in [-0.1, -0.05) is 0 Å². The molecule has 0 fully saturated rings. The average Bonchev–Trinajstić information content (AvgIpc) is 2.49. The zero-order valence-electron chi connectivity index (χ0n) is 8.61. The van der Waals surface area contributed by atoms with E-state index in [1.165, 1.54) is 11.8 Å². The Bertz CT molecular complexity index is 458. The smallest absolute Gasteiger partial charge is 0.213 e. The maximum atomic E-state index is 5.76. The minimum absolute atomic E-state index is 0.720. The van der Waals surface area contributed by atoms with Crippen LogP contribution in [0, 0.1) is 13.8 Å². The van der Waals surface area contributed by atoms with Crippen molar-refractivity contribution in [3.05, 3.63) is 29.6 Å². The fourth-order valence-electron chi connectivity index (χ4n) is 1.31. The summed E-state index contributed by atoms with van der Waals surface area (Å²) in [6.07, 6.45) is 0. The van der Waals surface area contributed by atoms with E-state index < -0.39 is 0 Å². The minimum atomic E-state index is 0.720. The first kappa shape index (κ1) is 10.0. The molecule has 0 spiro atoms. The third-order valence-corrected chi connectivity index (χ3v) is 2.70. The highest BCUT2D eigenvalue weighted by Crippen LogP contribution is 2.27. The van der Waals surface area contributed by atoms with Gasteiger partial charge >= 0.3 is 0 Å². The average molecular weight is 220 g/mol. The van der Waals surface area contributed by atoms with Crippen molar-refractivity contribution in [2.75, 3.05) is 5.73 Å². The highest BCUT2D eigenvalue weighted by atomic mass is 32.2. The molecule has 1 aromatic heterocycles. The van der Waals surface area contributed by atoms with Gasteiger partial charge in [0.25, 0.3) is 0 Å². The molecular formula is C10H12N4S. The third-order valence-electron chi connectivity index (χ3n) is 1.86. The summed E-state index contributed by atoms with van der Waals surface area (Å²) in [6.45, 7) is 3.89. The molecule has 0 bridgehead atoms. The van der Waals surface area contributed by atoms with Crippen molar-refractivity contribution in [2.45, 2.75) is 23.9 Å². The van der Waals surface area contributed by atoms with Crippen LogP contribution in [0.3, 0.4) is 0 Å². The number of hydrogen-bond acceptors (Lipinski definition) is 4. The van der Waals surface area contributed by atoms with E-state index in [4.69, 9.17) is 5.73 Å². The Morgan fingerprint density at radius 1 is 1.27 bits per heavy atom. The quantitative estimate of drug-likeness (QED) is 0.761. The minimum Gasteiger partial charge on any atom is -0.399 e.